The first-order valence-corrected chi connectivity index (χ1v) is 7.91. The second-order valence-corrected chi connectivity index (χ2v) is 6.53. The van der Waals surface area contributed by atoms with Crippen molar-refractivity contribution < 1.29 is 9.90 Å². The van der Waals surface area contributed by atoms with Crippen LogP contribution < -0.4 is 0 Å². The van der Waals surface area contributed by atoms with Crippen LogP contribution in [0.3, 0.4) is 0 Å². The summed E-state index contributed by atoms with van der Waals surface area (Å²) in [6.45, 7) is 10.2. The molecule has 3 nitrogen and oxygen atoms in total. The zero-order chi connectivity index (χ0) is 14.5. The molecule has 19 heavy (non-hydrogen) atoms. The molecule has 0 saturated carbocycles. The number of likely N-dealkylation sites (tertiary alicyclic amines) is 1. The number of hydrogen-bond donors (Lipinski definition) is 1. The van der Waals surface area contributed by atoms with E-state index >= 15 is 0 Å². The average molecular weight is 269 g/mol. The van der Waals surface area contributed by atoms with Crippen molar-refractivity contribution >= 4 is 5.97 Å². The van der Waals surface area contributed by atoms with Crippen molar-refractivity contribution in [2.45, 2.75) is 72.3 Å². The van der Waals surface area contributed by atoms with Gasteiger partial charge in [-0.25, -0.2) is 0 Å². The molecule has 0 aromatic rings. The van der Waals surface area contributed by atoms with Crippen LogP contribution in [0.2, 0.25) is 0 Å². The highest BCUT2D eigenvalue weighted by Crippen LogP contribution is 2.39. The molecule has 1 N–H and O–H groups in total. The molecule has 1 saturated heterocycles. The fourth-order valence-electron chi connectivity index (χ4n) is 3.18. The highest BCUT2D eigenvalue weighted by Gasteiger charge is 2.47. The van der Waals surface area contributed by atoms with Crippen molar-refractivity contribution in [1.82, 2.24) is 4.90 Å². The molecule has 0 aromatic carbocycles. The van der Waals surface area contributed by atoms with Crippen molar-refractivity contribution in [2.75, 3.05) is 13.1 Å². The fraction of sp³-hybridized carbons (Fsp3) is 0.938. The third kappa shape index (κ3) is 3.95. The Morgan fingerprint density at radius 2 is 1.95 bits per heavy atom. The maximum atomic E-state index is 11.6. The van der Waals surface area contributed by atoms with E-state index in [9.17, 15) is 9.90 Å². The van der Waals surface area contributed by atoms with Gasteiger partial charge in [0, 0.05) is 12.6 Å². The Balaban J connectivity index is 2.47. The number of aliphatic carboxylic acids is 1. The third-order valence-corrected chi connectivity index (χ3v) is 4.96. The smallest absolute Gasteiger partial charge is 0.311 e. The molecule has 0 bridgehead atoms. The molecule has 2 atom stereocenters. The van der Waals surface area contributed by atoms with Crippen LogP contribution in [0.1, 0.15) is 66.2 Å². The lowest BCUT2D eigenvalue weighted by Crippen LogP contribution is -2.41. The van der Waals surface area contributed by atoms with Gasteiger partial charge in [0.25, 0.3) is 0 Å². The van der Waals surface area contributed by atoms with Gasteiger partial charge in [0.15, 0.2) is 0 Å². The topological polar surface area (TPSA) is 40.5 Å². The normalized spacial score (nSPS) is 25.9. The summed E-state index contributed by atoms with van der Waals surface area (Å²) in [6.07, 6.45) is 7.18. The van der Waals surface area contributed by atoms with Crippen molar-refractivity contribution in [3.8, 4) is 0 Å². The van der Waals surface area contributed by atoms with Gasteiger partial charge in [-0.15, -0.1) is 0 Å². The van der Waals surface area contributed by atoms with Gasteiger partial charge in [0.05, 0.1) is 5.41 Å². The highest BCUT2D eigenvalue weighted by atomic mass is 16.4. The van der Waals surface area contributed by atoms with Crippen LogP contribution in [0.4, 0.5) is 0 Å². The lowest BCUT2D eigenvalue weighted by atomic mass is 9.76. The number of carboxylic acid groups (broad SMARTS) is 1. The van der Waals surface area contributed by atoms with Crippen LogP contribution in [0.5, 0.6) is 0 Å². The Hall–Kier alpha value is -0.570. The minimum absolute atomic E-state index is 0.210. The van der Waals surface area contributed by atoms with E-state index in [2.05, 4.69) is 18.7 Å². The van der Waals surface area contributed by atoms with E-state index in [1.807, 2.05) is 13.8 Å². The van der Waals surface area contributed by atoms with Gasteiger partial charge < -0.3 is 5.11 Å². The molecule has 1 rings (SSSR count). The van der Waals surface area contributed by atoms with Gasteiger partial charge in [-0.1, -0.05) is 46.5 Å². The molecule has 1 aliphatic heterocycles. The highest BCUT2D eigenvalue weighted by molar-refractivity contribution is 5.75. The second-order valence-electron chi connectivity index (χ2n) is 6.53. The summed E-state index contributed by atoms with van der Waals surface area (Å²) in [7, 11) is 0. The average Bonchev–Trinajstić information content (AvgIpc) is 2.81. The van der Waals surface area contributed by atoms with E-state index in [4.69, 9.17) is 0 Å². The van der Waals surface area contributed by atoms with Gasteiger partial charge in [-0.2, -0.15) is 0 Å². The van der Waals surface area contributed by atoms with E-state index < -0.39 is 11.4 Å². The minimum Gasteiger partial charge on any atom is -0.481 e. The summed E-state index contributed by atoms with van der Waals surface area (Å²) in [5, 5.41) is 9.55. The van der Waals surface area contributed by atoms with Crippen molar-refractivity contribution in [3.63, 3.8) is 0 Å². The quantitative estimate of drug-likeness (QED) is 0.682. The summed E-state index contributed by atoms with van der Waals surface area (Å²) in [5.74, 6) is -0.398. The predicted molar refractivity (Wildman–Crippen MR) is 79.3 cm³/mol. The molecule has 1 heterocycles. The molecular weight excluding hydrogens is 238 g/mol. The number of carbonyl (C=O) groups is 1. The summed E-state index contributed by atoms with van der Waals surface area (Å²) in [6, 6.07) is 0.525. The van der Waals surface area contributed by atoms with Crippen molar-refractivity contribution in [1.29, 1.82) is 0 Å². The number of nitrogens with zero attached hydrogens (tertiary/aromatic N) is 1. The Morgan fingerprint density at radius 1 is 1.26 bits per heavy atom. The maximum Gasteiger partial charge on any atom is 0.311 e. The van der Waals surface area contributed by atoms with Crippen LogP contribution >= 0.6 is 0 Å². The molecule has 0 radical (unpaired) electrons. The van der Waals surface area contributed by atoms with Crippen LogP contribution in [0.25, 0.3) is 0 Å². The van der Waals surface area contributed by atoms with E-state index in [0.29, 0.717) is 6.04 Å². The zero-order valence-corrected chi connectivity index (χ0v) is 13.1. The lowest BCUT2D eigenvalue weighted by Gasteiger charge is -2.31. The van der Waals surface area contributed by atoms with Gasteiger partial charge in [0.1, 0.15) is 0 Å². The monoisotopic (exact) mass is 269 g/mol. The molecule has 0 amide bonds. The van der Waals surface area contributed by atoms with Crippen molar-refractivity contribution in [3.05, 3.63) is 0 Å². The van der Waals surface area contributed by atoms with Crippen LogP contribution in [-0.4, -0.2) is 35.1 Å². The number of unbranched alkanes of at least 4 members (excludes halogenated alkanes) is 3. The predicted octanol–water partition coefficient (Wildman–Crippen LogP) is 3.78. The number of rotatable bonds is 8. The van der Waals surface area contributed by atoms with E-state index in [-0.39, 0.29) is 5.92 Å². The second kappa shape index (κ2) is 7.28. The molecule has 0 aliphatic carbocycles. The molecule has 1 aliphatic rings. The SMILES string of the molecule is CCCCCCC(C)N1CCC(C(=O)O)(C(C)C)C1. The molecule has 1 fully saturated rings. The van der Waals surface area contributed by atoms with Gasteiger partial charge >= 0.3 is 5.97 Å². The summed E-state index contributed by atoms with van der Waals surface area (Å²) < 4.78 is 0. The van der Waals surface area contributed by atoms with Crippen LogP contribution in [0, 0.1) is 11.3 Å². The summed E-state index contributed by atoms with van der Waals surface area (Å²) in [5.41, 5.74) is -0.516. The lowest BCUT2D eigenvalue weighted by molar-refractivity contribution is -0.151. The molecule has 112 valence electrons. The number of carboxylic acids is 1. The Bertz CT molecular complexity index is 290. The van der Waals surface area contributed by atoms with Crippen LogP contribution in [-0.2, 0) is 4.79 Å². The van der Waals surface area contributed by atoms with Crippen molar-refractivity contribution in [2.24, 2.45) is 11.3 Å². The van der Waals surface area contributed by atoms with E-state index in [1.54, 1.807) is 0 Å². The number of hydrogen-bond acceptors (Lipinski definition) is 2. The standard InChI is InChI=1S/C16H31NO2/c1-5-6-7-8-9-14(4)17-11-10-16(12-17,13(2)3)15(18)19/h13-14H,5-12H2,1-4H3,(H,18,19). The largest absolute Gasteiger partial charge is 0.481 e. The first kappa shape index (κ1) is 16.5. The zero-order valence-electron chi connectivity index (χ0n) is 13.1. The summed E-state index contributed by atoms with van der Waals surface area (Å²) >= 11 is 0. The first-order chi connectivity index (χ1) is 8.94. The third-order valence-electron chi connectivity index (χ3n) is 4.96. The van der Waals surface area contributed by atoms with E-state index in [1.165, 1.54) is 32.1 Å². The molecule has 0 aromatic heterocycles. The fourth-order valence-corrected chi connectivity index (χ4v) is 3.18. The van der Waals surface area contributed by atoms with Gasteiger partial charge in [-0.05, 0) is 32.2 Å². The Labute approximate surface area is 118 Å². The molecule has 2 unspecified atom stereocenters. The van der Waals surface area contributed by atoms with Gasteiger partial charge in [-0.3, -0.25) is 9.69 Å². The Kier molecular flexibility index (Phi) is 6.31. The van der Waals surface area contributed by atoms with Crippen LogP contribution in [0.15, 0.2) is 0 Å². The first-order valence-electron chi connectivity index (χ1n) is 7.91. The minimum atomic E-state index is -0.608. The summed E-state index contributed by atoms with van der Waals surface area (Å²) in [4.78, 5) is 14.0. The van der Waals surface area contributed by atoms with E-state index in [0.717, 1.165) is 19.5 Å². The van der Waals surface area contributed by atoms with Gasteiger partial charge in [0.2, 0.25) is 0 Å². The maximum absolute atomic E-state index is 11.6. The molecule has 3 heteroatoms. The molecule has 0 spiro atoms. The Morgan fingerprint density at radius 3 is 2.42 bits per heavy atom. The molecular formula is C16H31NO2.